The summed E-state index contributed by atoms with van der Waals surface area (Å²) in [7, 11) is 0. The third kappa shape index (κ3) is 1.29. The van der Waals surface area contributed by atoms with E-state index in [4.69, 9.17) is 0 Å². The predicted octanol–water partition coefficient (Wildman–Crippen LogP) is 4.53. The molecule has 4 aromatic rings. The number of aromatic amines is 1. The fourth-order valence-corrected chi connectivity index (χ4v) is 3.37. The summed E-state index contributed by atoms with van der Waals surface area (Å²) in [4.78, 5) is 16.0. The highest BCUT2D eigenvalue weighted by Gasteiger charge is 2.27. The van der Waals surface area contributed by atoms with Crippen LogP contribution in [0.25, 0.3) is 32.9 Å². The van der Waals surface area contributed by atoms with Gasteiger partial charge in [0.25, 0.3) is 0 Å². The Balaban J connectivity index is 1.94. The topological polar surface area (TPSA) is 32.9 Å². The molecule has 2 heteroatoms. The van der Waals surface area contributed by atoms with Crippen LogP contribution in [0.1, 0.15) is 15.9 Å². The molecule has 5 rings (SSSR count). The maximum Gasteiger partial charge on any atom is 0.194 e. The normalized spacial score (nSPS) is 12.9. The van der Waals surface area contributed by atoms with Crippen molar-refractivity contribution in [3.05, 3.63) is 71.8 Å². The van der Waals surface area contributed by atoms with Gasteiger partial charge in [0, 0.05) is 32.9 Å². The Hall–Kier alpha value is -2.87. The minimum atomic E-state index is 0.132. The van der Waals surface area contributed by atoms with Gasteiger partial charge in [0.2, 0.25) is 0 Å². The highest BCUT2D eigenvalue weighted by atomic mass is 16.1. The molecule has 0 atom stereocenters. The van der Waals surface area contributed by atoms with Gasteiger partial charge >= 0.3 is 0 Å². The maximum absolute atomic E-state index is 12.6. The molecule has 2 nitrogen and oxygen atoms in total. The molecule has 1 aliphatic rings. The predicted molar refractivity (Wildman–Crippen MR) is 84.7 cm³/mol. The lowest BCUT2D eigenvalue weighted by Crippen LogP contribution is -1.94. The lowest BCUT2D eigenvalue weighted by Gasteiger charge is -2.00. The van der Waals surface area contributed by atoms with Crippen molar-refractivity contribution in [1.82, 2.24) is 4.98 Å². The van der Waals surface area contributed by atoms with Crippen molar-refractivity contribution in [1.29, 1.82) is 0 Å². The van der Waals surface area contributed by atoms with Crippen LogP contribution in [-0.4, -0.2) is 10.8 Å². The minimum Gasteiger partial charge on any atom is -0.354 e. The molecule has 0 radical (unpaired) electrons. The molecule has 1 aromatic heterocycles. The number of carbonyl (C=O) groups is 1. The molecule has 0 aliphatic heterocycles. The van der Waals surface area contributed by atoms with E-state index in [1.807, 2.05) is 42.5 Å². The largest absolute Gasteiger partial charge is 0.354 e. The van der Waals surface area contributed by atoms with E-state index in [1.54, 1.807) is 0 Å². The molecule has 21 heavy (non-hydrogen) atoms. The molecule has 1 heterocycles. The first kappa shape index (κ1) is 10.9. The summed E-state index contributed by atoms with van der Waals surface area (Å²) in [6, 6.07) is 20.2. The molecule has 0 bridgehead atoms. The van der Waals surface area contributed by atoms with Crippen LogP contribution in [0.3, 0.4) is 0 Å². The van der Waals surface area contributed by atoms with Crippen molar-refractivity contribution in [2.75, 3.05) is 0 Å². The highest BCUT2D eigenvalue weighted by molar-refractivity contribution is 6.24. The average molecular weight is 269 g/mol. The summed E-state index contributed by atoms with van der Waals surface area (Å²) in [6.07, 6.45) is 0. The number of fused-ring (bicyclic) bond motifs is 6. The van der Waals surface area contributed by atoms with Crippen LogP contribution >= 0.6 is 0 Å². The summed E-state index contributed by atoms with van der Waals surface area (Å²) in [6.45, 7) is 0. The Morgan fingerprint density at radius 1 is 0.619 bits per heavy atom. The second-order valence-electron chi connectivity index (χ2n) is 5.49. The van der Waals surface area contributed by atoms with Gasteiger partial charge in [0.05, 0.1) is 0 Å². The molecule has 0 unspecified atom stereocenters. The quantitative estimate of drug-likeness (QED) is 0.440. The smallest absolute Gasteiger partial charge is 0.194 e. The van der Waals surface area contributed by atoms with E-state index in [2.05, 4.69) is 23.2 Å². The van der Waals surface area contributed by atoms with Crippen LogP contribution < -0.4 is 0 Å². The van der Waals surface area contributed by atoms with Crippen LogP contribution in [0.4, 0.5) is 0 Å². The molecule has 0 saturated carbocycles. The van der Waals surface area contributed by atoms with Crippen molar-refractivity contribution in [2.24, 2.45) is 0 Å². The molecule has 1 N–H and O–H groups in total. The average Bonchev–Trinajstić information content (AvgIpc) is 3.02. The first-order valence-corrected chi connectivity index (χ1v) is 7.01. The zero-order valence-electron chi connectivity index (χ0n) is 11.2. The zero-order valence-corrected chi connectivity index (χ0v) is 11.2. The van der Waals surface area contributed by atoms with E-state index < -0.39 is 0 Å². The summed E-state index contributed by atoms with van der Waals surface area (Å²) < 4.78 is 0. The van der Waals surface area contributed by atoms with Crippen LogP contribution in [0.2, 0.25) is 0 Å². The van der Waals surface area contributed by atoms with Gasteiger partial charge in [-0.3, -0.25) is 4.79 Å². The third-order valence-corrected chi connectivity index (χ3v) is 4.35. The molecule has 3 aromatic carbocycles. The summed E-state index contributed by atoms with van der Waals surface area (Å²) >= 11 is 0. The van der Waals surface area contributed by atoms with Crippen molar-refractivity contribution >= 4 is 27.6 Å². The fourth-order valence-electron chi connectivity index (χ4n) is 3.37. The Bertz CT molecular complexity index is 1060. The number of para-hydroxylation sites is 1. The molecule has 0 fully saturated rings. The number of benzene rings is 3. The molecular formula is C19H11NO. The fraction of sp³-hybridized carbons (Fsp3) is 0. The van der Waals surface area contributed by atoms with E-state index in [0.29, 0.717) is 0 Å². The van der Waals surface area contributed by atoms with Crippen molar-refractivity contribution < 1.29 is 4.79 Å². The van der Waals surface area contributed by atoms with Gasteiger partial charge in [-0.25, -0.2) is 0 Å². The second-order valence-corrected chi connectivity index (χ2v) is 5.49. The number of aromatic nitrogens is 1. The van der Waals surface area contributed by atoms with Crippen LogP contribution in [0.5, 0.6) is 0 Å². The van der Waals surface area contributed by atoms with Gasteiger partial charge in [-0.15, -0.1) is 0 Å². The number of rotatable bonds is 0. The van der Waals surface area contributed by atoms with Crippen LogP contribution in [0, 0.1) is 0 Å². The first-order chi connectivity index (χ1) is 10.3. The van der Waals surface area contributed by atoms with Gasteiger partial charge in [0.1, 0.15) is 0 Å². The number of ketones is 1. The van der Waals surface area contributed by atoms with E-state index in [9.17, 15) is 4.79 Å². The molecule has 0 spiro atoms. The van der Waals surface area contributed by atoms with Crippen molar-refractivity contribution in [3.63, 3.8) is 0 Å². The second kappa shape index (κ2) is 3.61. The SMILES string of the molecule is O=C1c2ccccc2-c2cc3[nH]c4ccccc4c3cc21. The Kier molecular flexibility index (Phi) is 1.87. The lowest BCUT2D eigenvalue weighted by molar-refractivity contribution is 0.104. The summed E-state index contributed by atoms with van der Waals surface area (Å²) in [5, 5.41) is 2.28. The molecular weight excluding hydrogens is 258 g/mol. The van der Waals surface area contributed by atoms with E-state index in [-0.39, 0.29) is 5.78 Å². The molecule has 98 valence electrons. The van der Waals surface area contributed by atoms with E-state index in [0.717, 1.165) is 38.7 Å². The van der Waals surface area contributed by atoms with Gasteiger partial charge in [-0.2, -0.15) is 0 Å². The van der Waals surface area contributed by atoms with E-state index in [1.165, 1.54) is 5.39 Å². The number of H-pyrrole nitrogens is 1. The Labute approximate surface area is 121 Å². The molecule has 0 amide bonds. The molecule has 0 saturated heterocycles. The van der Waals surface area contributed by atoms with Gasteiger partial charge in [-0.1, -0.05) is 42.5 Å². The van der Waals surface area contributed by atoms with E-state index >= 15 is 0 Å². The number of hydrogen-bond donors (Lipinski definition) is 1. The first-order valence-electron chi connectivity index (χ1n) is 7.01. The van der Waals surface area contributed by atoms with Crippen molar-refractivity contribution in [2.45, 2.75) is 0 Å². The number of carbonyl (C=O) groups excluding carboxylic acids is 1. The Morgan fingerprint density at radius 3 is 2.29 bits per heavy atom. The summed E-state index contributed by atoms with van der Waals surface area (Å²) in [5.41, 5.74) is 5.89. The van der Waals surface area contributed by atoms with Crippen LogP contribution in [0.15, 0.2) is 60.7 Å². The van der Waals surface area contributed by atoms with Gasteiger partial charge in [-0.05, 0) is 29.3 Å². The van der Waals surface area contributed by atoms with Gasteiger partial charge < -0.3 is 4.98 Å². The number of hydrogen-bond acceptors (Lipinski definition) is 1. The standard InChI is InChI=1S/C19H11NO/c21-19-13-7-2-1-5-11(13)14-10-18-15(9-16(14)19)12-6-3-4-8-17(12)20-18/h1-10,20H. The lowest BCUT2D eigenvalue weighted by atomic mass is 10.0. The number of nitrogens with one attached hydrogen (secondary N) is 1. The Morgan fingerprint density at radius 2 is 1.38 bits per heavy atom. The highest BCUT2D eigenvalue weighted by Crippen LogP contribution is 2.40. The summed E-state index contributed by atoms with van der Waals surface area (Å²) in [5.74, 6) is 0.132. The monoisotopic (exact) mass is 269 g/mol. The third-order valence-electron chi connectivity index (χ3n) is 4.35. The molecule has 1 aliphatic carbocycles. The van der Waals surface area contributed by atoms with Gasteiger partial charge in [0.15, 0.2) is 5.78 Å². The minimum absolute atomic E-state index is 0.132. The zero-order chi connectivity index (χ0) is 14.0. The van der Waals surface area contributed by atoms with Crippen molar-refractivity contribution in [3.8, 4) is 11.1 Å². The maximum atomic E-state index is 12.6. The van der Waals surface area contributed by atoms with Crippen LogP contribution in [-0.2, 0) is 0 Å².